The van der Waals surface area contributed by atoms with Crippen molar-refractivity contribution < 1.29 is 4.74 Å². The number of aromatic nitrogens is 2. The van der Waals surface area contributed by atoms with Gasteiger partial charge in [0.25, 0.3) is 0 Å². The highest BCUT2D eigenvalue weighted by atomic mass is 35.5. The van der Waals surface area contributed by atoms with Crippen molar-refractivity contribution in [2.24, 2.45) is 0 Å². The second-order valence-electron chi connectivity index (χ2n) is 3.17. The first-order valence-electron chi connectivity index (χ1n) is 4.63. The maximum absolute atomic E-state index is 5.77. The molecule has 0 bridgehead atoms. The predicted octanol–water partition coefficient (Wildman–Crippen LogP) is 1.18. The molecule has 0 saturated heterocycles. The van der Waals surface area contributed by atoms with Crippen molar-refractivity contribution in [1.82, 2.24) is 9.97 Å². The number of hydrogen-bond acceptors (Lipinski definition) is 5. The van der Waals surface area contributed by atoms with E-state index in [4.69, 9.17) is 22.1 Å². The Labute approximate surface area is 94.2 Å². The molecule has 1 heterocycles. The summed E-state index contributed by atoms with van der Waals surface area (Å²) in [5.74, 6) is 0.916. The minimum atomic E-state index is 0.191. The molecule has 0 atom stereocenters. The van der Waals surface area contributed by atoms with E-state index in [1.807, 2.05) is 11.9 Å². The average molecular weight is 231 g/mol. The van der Waals surface area contributed by atoms with E-state index in [1.54, 1.807) is 13.2 Å². The maximum Gasteiger partial charge on any atom is 0.223 e. The molecule has 15 heavy (non-hydrogen) atoms. The Kier molecular flexibility index (Phi) is 4.58. The highest BCUT2D eigenvalue weighted by Gasteiger charge is 2.05. The molecule has 0 spiro atoms. The molecule has 0 radical (unpaired) electrons. The van der Waals surface area contributed by atoms with E-state index in [1.165, 1.54) is 0 Å². The Morgan fingerprint density at radius 2 is 2.27 bits per heavy atom. The second kappa shape index (κ2) is 5.72. The van der Waals surface area contributed by atoms with Gasteiger partial charge in [0.15, 0.2) is 0 Å². The molecular weight excluding hydrogens is 216 g/mol. The van der Waals surface area contributed by atoms with Gasteiger partial charge in [-0.25, -0.2) is 4.98 Å². The van der Waals surface area contributed by atoms with E-state index < -0.39 is 0 Å². The SMILES string of the molecule is COCCCN(C)c1cc(Cl)nc(N)n1. The molecule has 0 aliphatic carbocycles. The molecule has 5 nitrogen and oxygen atoms in total. The monoisotopic (exact) mass is 230 g/mol. The van der Waals surface area contributed by atoms with Crippen LogP contribution in [0.2, 0.25) is 5.15 Å². The third-order valence-corrected chi connectivity index (χ3v) is 2.13. The van der Waals surface area contributed by atoms with Crippen LogP contribution in [0.4, 0.5) is 11.8 Å². The van der Waals surface area contributed by atoms with Crippen LogP contribution in [0.15, 0.2) is 6.07 Å². The fourth-order valence-corrected chi connectivity index (χ4v) is 1.36. The van der Waals surface area contributed by atoms with Crippen molar-refractivity contribution >= 4 is 23.4 Å². The summed E-state index contributed by atoms with van der Waals surface area (Å²) < 4.78 is 4.97. The molecule has 0 unspecified atom stereocenters. The summed E-state index contributed by atoms with van der Waals surface area (Å²) in [6.45, 7) is 1.55. The minimum absolute atomic E-state index is 0.191. The van der Waals surface area contributed by atoms with Gasteiger partial charge in [0.05, 0.1) is 0 Å². The number of nitrogens with zero attached hydrogens (tertiary/aromatic N) is 3. The van der Waals surface area contributed by atoms with Gasteiger partial charge in [-0.3, -0.25) is 0 Å². The van der Waals surface area contributed by atoms with E-state index in [0.29, 0.717) is 5.15 Å². The molecule has 6 heteroatoms. The average Bonchev–Trinajstić information content (AvgIpc) is 2.16. The second-order valence-corrected chi connectivity index (χ2v) is 3.56. The summed E-state index contributed by atoms with van der Waals surface area (Å²) in [6, 6.07) is 1.69. The summed E-state index contributed by atoms with van der Waals surface area (Å²) in [4.78, 5) is 9.84. The maximum atomic E-state index is 5.77. The number of rotatable bonds is 5. The number of halogens is 1. The number of hydrogen-bond donors (Lipinski definition) is 1. The number of methoxy groups -OCH3 is 1. The van der Waals surface area contributed by atoms with Gasteiger partial charge in [-0.15, -0.1) is 0 Å². The summed E-state index contributed by atoms with van der Waals surface area (Å²) in [7, 11) is 3.60. The van der Waals surface area contributed by atoms with Gasteiger partial charge in [0.1, 0.15) is 11.0 Å². The van der Waals surface area contributed by atoms with Crippen LogP contribution >= 0.6 is 11.6 Å². The Morgan fingerprint density at radius 1 is 1.53 bits per heavy atom. The highest BCUT2D eigenvalue weighted by Crippen LogP contribution is 2.15. The van der Waals surface area contributed by atoms with E-state index in [9.17, 15) is 0 Å². The van der Waals surface area contributed by atoms with Gasteiger partial charge < -0.3 is 15.4 Å². The normalized spacial score (nSPS) is 10.3. The van der Waals surface area contributed by atoms with E-state index >= 15 is 0 Å². The third kappa shape index (κ3) is 3.89. The van der Waals surface area contributed by atoms with Crippen LogP contribution in [0.5, 0.6) is 0 Å². The van der Waals surface area contributed by atoms with Gasteiger partial charge >= 0.3 is 0 Å². The van der Waals surface area contributed by atoms with Gasteiger partial charge in [0.2, 0.25) is 5.95 Å². The van der Waals surface area contributed by atoms with Crippen molar-refractivity contribution in [3.63, 3.8) is 0 Å². The lowest BCUT2D eigenvalue weighted by atomic mass is 10.4. The lowest BCUT2D eigenvalue weighted by Gasteiger charge is -2.17. The lowest BCUT2D eigenvalue weighted by Crippen LogP contribution is -2.21. The number of anilines is 2. The molecule has 0 saturated carbocycles. The van der Waals surface area contributed by atoms with Crippen LogP contribution in [-0.4, -0.2) is 37.3 Å². The van der Waals surface area contributed by atoms with Crippen molar-refractivity contribution in [3.8, 4) is 0 Å². The van der Waals surface area contributed by atoms with Crippen molar-refractivity contribution in [1.29, 1.82) is 0 Å². The summed E-state index contributed by atoms with van der Waals surface area (Å²) >= 11 is 5.77. The standard InChI is InChI=1S/C9H15ClN4O/c1-14(4-3-5-15-2)8-6-7(10)12-9(11)13-8/h6H,3-5H2,1-2H3,(H2,11,12,13). The molecule has 0 aliphatic rings. The zero-order valence-electron chi connectivity index (χ0n) is 8.90. The van der Waals surface area contributed by atoms with Crippen LogP contribution in [0.3, 0.4) is 0 Å². The number of ether oxygens (including phenoxy) is 1. The molecule has 0 fully saturated rings. The zero-order valence-corrected chi connectivity index (χ0v) is 9.66. The molecule has 1 aromatic rings. The molecule has 0 aromatic carbocycles. The Hall–Kier alpha value is -1.07. The minimum Gasteiger partial charge on any atom is -0.385 e. The van der Waals surface area contributed by atoms with Crippen molar-refractivity contribution in [3.05, 3.63) is 11.2 Å². The molecule has 1 rings (SSSR count). The molecule has 84 valence electrons. The quantitative estimate of drug-likeness (QED) is 0.608. The summed E-state index contributed by atoms with van der Waals surface area (Å²) in [5, 5.41) is 0.357. The van der Waals surface area contributed by atoms with Gasteiger partial charge in [-0.2, -0.15) is 4.98 Å². The van der Waals surface area contributed by atoms with Crippen LogP contribution in [0.25, 0.3) is 0 Å². The molecule has 0 aliphatic heterocycles. The first-order valence-corrected chi connectivity index (χ1v) is 5.01. The fourth-order valence-electron chi connectivity index (χ4n) is 1.18. The van der Waals surface area contributed by atoms with Crippen molar-refractivity contribution in [2.45, 2.75) is 6.42 Å². The summed E-state index contributed by atoms with van der Waals surface area (Å²) in [5.41, 5.74) is 5.49. The van der Waals surface area contributed by atoms with Crippen LogP contribution in [0.1, 0.15) is 6.42 Å². The van der Waals surface area contributed by atoms with E-state index in [0.717, 1.165) is 25.4 Å². The largest absolute Gasteiger partial charge is 0.385 e. The van der Waals surface area contributed by atoms with Crippen LogP contribution in [0, 0.1) is 0 Å². The van der Waals surface area contributed by atoms with Crippen molar-refractivity contribution in [2.75, 3.05) is 37.9 Å². The third-order valence-electron chi connectivity index (χ3n) is 1.93. The van der Waals surface area contributed by atoms with Gasteiger partial charge in [-0.1, -0.05) is 11.6 Å². The first kappa shape index (κ1) is 12.0. The Morgan fingerprint density at radius 3 is 2.87 bits per heavy atom. The highest BCUT2D eigenvalue weighted by molar-refractivity contribution is 6.29. The topological polar surface area (TPSA) is 64.3 Å². The Balaban J connectivity index is 2.60. The first-order chi connectivity index (χ1) is 7.13. The molecule has 0 amide bonds. The number of nitrogens with two attached hydrogens (primary N) is 1. The molecule has 2 N–H and O–H groups in total. The van der Waals surface area contributed by atoms with Crippen LogP contribution in [-0.2, 0) is 4.74 Å². The molecule has 1 aromatic heterocycles. The van der Waals surface area contributed by atoms with E-state index in [-0.39, 0.29) is 5.95 Å². The summed E-state index contributed by atoms with van der Waals surface area (Å²) in [6.07, 6.45) is 0.925. The molecular formula is C9H15ClN4O. The number of nitrogen functional groups attached to an aromatic ring is 1. The Bertz CT molecular complexity index is 301. The lowest BCUT2D eigenvalue weighted by molar-refractivity contribution is 0.196. The predicted molar refractivity (Wildman–Crippen MR) is 61.2 cm³/mol. The van der Waals surface area contributed by atoms with Gasteiger partial charge in [-0.05, 0) is 6.42 Å². The smallest absolute Gasteiger partial charge is 0.223 e. The van der Waals surface area contributed by atoms with Gasteiger partial charge in [0, 0.05) is 33.4 Å². The van der Waals surface area contributed by atoms with Crippen LogP contribution < -0.4 is 10.6 Å². The van der Waals surface area contributed by atoms with E-state index in [2.05, 4.69) is 9.97 Å². The fraction of sp³-hybridized carbons (Fsp3) is 0.556. The zero-order chi connectivity index (χ0) is 11.3.